The predicted molar refractivity (Wildman–Crippen MR) is 116 cm³/mol. The van der Waals surface area contributed by atoms with Gasteiger partial charge in [-0.2, -0.15) is 5.26 Å². The molecule has 0 saturated carbocycles. The number of nitrogens with zero attached hydrogens (tertiary/aromatic N) is 1. The quantitative estimate of drug-likeness (QED) is 0.567. The summed E-state index contributed by atoms with van der Waals surface area (Å²) < 4.78 is 10.6. The lowest BCUT2D eigenvalue weighted by atomic mass is 9.98. The van der Waals surface area contributed by atoms with Gasteiger partial charge in [-0.1, -0.05) is 66.7 Å². The molecule has 3 rings (SSSR count). The summed E-state index contributed by atoms with van der Waals surface area (Å²) in [4.78, 5) is 12.6. The zero-order valence-electron chi connectivity index (χ0n) is 16.6. The van der Waals surface area contributed by atoms with Crippen molar-refractivity contribution in [2.24, 2.45) is 0 Å². The molecule has 3 aromatic carbocycles. The zero-order valence-corrected chi connectivity index (χ0v) is 16.6. The number of nitrogens with one attached hydrogen (secondary N) is 1. The smallest absolute Gasteiger partial charge is 0.244 e. The molecule has 0 aliphatic rings. The second-order valence-electron chi connectivity index (χ2n) is 6.45. The number of ether oxygens (including phenoxy) is 2. The average Bonchev–Trinajstić information content (AvgIpc) is 2.81. The van der Waals surface area contributed by atoms with Crippen molar-refractivity contribution >= 4 is 12.0 Å². The summed E-state index contributed by atoms with van der Waals surface area (Å²) in [6.45, 7) is -0.0612. The molecule has 0 saturated heterocycles. The highest BCUT2D eigenvalue weighted by atomic mass is 16.5. The van der Waals surface area contributed by atoms with Crippen LogP contribution in [0.4, 0.5) is 0 Å². The zero-order chi connectivity index (χ0) is 21.2. The predicted octanol–water partition coefficient (Wildman–Crippen LogP) is 4.52. The number of nitriles is 1. The number of methoxy groups -OCH3 is 1. The van der Waals surface area contributed by atoms with Crippen molar-refractivity contribution in [1.29, 1.82) is 5.26 Å². The number of hydrogen-bond acceptors (Lipinski definition) is 4. The van der Waals surface area contributed by atoms with Crippen LogP contribution in [0.25, 0.3) is 6.08 Å². The Morgan fingerprint density at radius 3 is 2.20 bits per heavy atom. The van der Waals surface area contributed by atoms with E-state index in [1.54, 1.807) is 24.3 Å². The van der Waals surface area contributed by atoms with Crippen molar-refractivity contribution in [1.82, 2.24) is 5.32 Å². The van der Waals surface area contributed by atoms with Gasteiger partial charge in [-0.05, 0) is 34.9 Å². The van der Waals surface area contributed by atoms with E-state index in [9.17, 15) is 4.79 Å². The maximum absolute atomic E-state index is 12.6. The lowest BCUT2D eigenvalue weighted by Crippen LogP contribution is -2.27. The number of amides is 1. The van der Waals surface area contributed by atoms with Gasteiger partial charge in [0.1, 0.15) is 6.07 Å². The van der Waals surface area contributed by atoms with E-state index in [0.29, 0.717) is 11.5 Å². The van der Waals surface area contributed by atoms with Crippen molar-refractivity contribution in [2.75, 3.05) is 13.7 Å². The van der Waals surface area contributed by atoms with Gasteiger partial charge < -0.3 is 14.8 Å². The minimum Gasteiger partial charge on any atom is -0.493 e. The van der Waals surface area contributed by atoms with Gasteiger partial charge >= 0.3 is 0 Å². The molecule has 150 valence electrons. The standard InChI is InChI=1S/C25H22N2O3/c1-29-23-18-19(12-14-22(23)30-17-16-26)13-15-24(28)27-25(20-8-4-2-5-9-20)21-10-6-3-7-11-21/h2-15,18,25H,17H2,1H3,(H,27,28). The highest BCUT2D eigenvalue weighted by molar-refractivity contribution is 5.92. The molecule has 3 aromatic rings. The van der Waals surface area contributed by atoms with Crippen molar-refractivity contribution in [2.45, 2.75) is 6.04 Å². The molecule has 0 aliphatic heterocycles. The molecule has 0 unspecified atom stereocenters. The first kappa shape index (κ1) is 20.7. The Morgan fingerprint density at radius 2 is 1.63 bits per heavy atom. The number of rotatable bonds is 8. The molecule has 0 spiro atoms. The van der Waals surface area contributed by atoms with Crippen LogP contribution in [-0.2, 0) is 4.79 Å². The average molecular weight is 398 g/mol. The van der Waals surface area contributed by atoms with Crippen LogP contribution in [0, 0.1) is 11.3 Å². The molecule has 0 fully saturated rings. The van der Waals surface area contributed by atoms with Crippen molar-refractivity contribution in [3.8, 4) is 17.6 Å². The normalized spacial score (nSPS) is 10.6. The monoisotopic (exact) mass is 398 g/mol. The fraction of sp³-hybridized carbons (Fsp3) is 0.120. The van der Waals surface area contributed by atoms with E-state index in [4.69, 9.17) is 14.7 Å². The molecule has 0 atom stereocenters. The SMILES string of the molecule is COc1cc(C=CC(=O)NC(c2ccccc2)c2ccccc2)ccc1OCC#N. The summed E-state index contributed by atoms with van der Waals surface area (Å²) in [7, 11) is 1.53. The molecule has 0 bridgehead atoms. The fourth-order valence-corrected chi connectivity index (χ4v) is 3.03. The third kappa shape index (κ3) is 5.49. The van der Waals surface area contributed by atoms with Crippen molar-refractivity contribution in [3.05, 3.63) is 102 Å². The van der Waals surface area contributed by atoms with E-state index in [1.165, 1.54) is 13.2 Å². The van der Waals surface area contributed by atoms with Crippen LogP contribution in [0.5, 0.6) is 11.5 Å². The van der Waals surface area contributed by atoms with E-state index < -0.39 is 0 Å². The highest BCUT2D eigenvalue weighted by Gasteiger charge is 2.15. The molecular formula is C25H22N2O3. The van der Waals surface area contributed by atoms with E-state index in [0.717, 1.165) is 16.7 Å². The maximum atomic E-state index is 12.6. The lowest BCUT2D eigenvalue weighted by Gasteiger charge is -2.19. The van der Waals surface area contributed by atoms with Gasteiger partial charge in [-0.15, -0.1) is 0 Å². The van der Waals surface area contributed by atoms with E-state index in [-0.39, 0.29) is 18.6 Å². The van der Waals surface area contributed by atoms with E-state index >= 15 is 0 Å². The molecule has 0 radical (unpaired) electrons. The Kier molecular flexibility index (Phi) is 7.23. The first-order valence-electron chi connectivity index (χ1n) is 9.47. The highest BCUT2D eigenvalue weighted by Crippen LogP contribution is 2.28. The second kappa shape index (κ2) is 10.5. The molecule has 0 heterocycles. The van der Waals surface area contributed by atoms with Crippen molar-refractivity contribution in [3.63, 3.8) is 0 Å². The van der Waals surface area contributed by atoms with Gasteiger partial charge in [0.2, 0.25) is 5.91 Å². The Balaban J connectivity index is 1.76. The summed E-state index contributed by atoms with van der Waals surface area (Å²) >= 11 is 0. The summed E-state index contributed by atoms with van der Waals surface area (Å²) in [5.41, 5.74) is 2.79. The Bertz CT molecular complexity index is 1000. The minimum absolute atomic E-state index is 0.0612. The van der Waals surface area contributed by atoms with Crippen LogP contribution in [0.15, 0.2) is 84.9 Å². The minimum atomic E-state index is -0.249. The van der Waals surface area contributed by atoms with Crippen LogP contribution < -0.4 is 14.8 Å². The third-order valence-corrected chi connectivity index (χ3v) is 4.46. The summed E-state index contributed by atoms with van der Waals surface area (Å²) in [5.74, 6) is 0.768. The summed E-state index contributed by atoms with van der Waals surface area (Å²) in [6.07, 6.45) is 3.20. The molecule has 0 aromatic heterocycles. The Morgan fingerprint density at radius 1 is 1.00 bits per heavy atom. The number of carbonyl (C=O) groups is 1. The van der Waals surface area contributed by atoms with Crippen LogP contribution in [0.1, 0.15) is 22.7 Å². The van der Waals surface area contributed by atoms with E-state index in [2.05, 4.69) is 5.32 Å². The number of benzene rings is 3. The van der Waals surface area contributed by atoms with E-state index in [1.807, 2.05) is 66.7 Å². The van der Waals surface area contributed by atoms with Gasteiger partial charge in [-0.3, -0.25) is 4.79 Å². The van der Waals surface area contributed by atoms with Crippen LogP contribution in [0.3, 0.4) is 0 Å². The fourth-order valence-electron chi connectivity index (χ4n) is 3.03. The van der Waals surface area contributed by atoms with Gasteiger partial charge in [-0.25, -0.2) is 0 Å². The first-order chi connectivity index (χ1) is 14.7. The molecule has 1 amide bonds. The number of hydrogen-bond donors (Lipinski definition) is 1. The van der Waals surface area contributed by atoms with Crippen LogP contribution >= 0.6 is 0 Å². The summed E-state index contributed by atoms with van der Waals surface area (Å²) in [6, 6.07) is 26.6. The van der Waals surface area contributed by atoms with Gasteiger partial charge in [0.15, 0.2) is 18.1 Å². The molecule has 1 N–H and O–H groups in total. The van der Waals surface area contributed by atoms with Crippen LogP contribution in [0.2, 0.25) is 0 Å². The molecule has 30 heavy (non-hydrogen) atoms. The molecule has 5 heteroatoms. The number of carbonyl (C=O) groups excluding carboxylic acids is 1. The molecule has 5 nitrogen and oxygen atoms in total. The molecule has 0 aliphatic carbocycles. The largest absolute Gasteiger partial charge is 0.493 e. The van der Waals surface area contributed by atoms with Crippen LogP contribution in [-0.4, -0.2) is 19.6 Å². The Hall–Kier alpha value is -4.04. The third-order valence-electron chi connectivity index (χ3n) is 4.46. The first-order valence-corrected chi connectivity index (χ1v) is 9.47. The topological polar surface area (TPSA) is 71.3 Å². The Labute approximate surface area is 176 Å². The van der Waals surface area contributed by atoms with Gasteiger partial charge in [0.05, 0.1) is 13.2 Å². The summed E-state index contributed by atoms with van der Waals surface area (Å²) in [5, 5.41) is 11.7. The van der Waals surface area contributed by atoms with Gasteiger partial charge in [0.25, 0.3) is 0 Å². The van der Waals surface area contributed by atoms with Crippen molar-refractivity contribution < 1.29 is 14.3 Å². The lowest BCUT2D eigenvalue weighted by molar-refractivity contribution is -0.116. The molecular weight excluding hydrogens is 376 g/mol. The van der Waals surface area contributed by atoms with Gasteiger partial charge in [0, 0.05) is 6.08 Å². The second-order valence-corrected chi connectivity index (χ2v) is 6.45. The maximum Gasteiger partial charge on any atom is 0.244 e.